The molecule has 0 radical (unpaired) electrons. The third kappa shape index (κ3) is 4.89. The van der Waals surface area contributed by atoms with Crippen LogP contribution in [-0.2, 0) is 10.9 Å². The van der Waals surface area contributed by atoms with Crippen molar-refractivity contribution in [3.63, 3.8) is 0 Å². The highest BCUT2D eigenvalue weighted by Crippen LogP contribution is 2.42. The minimum atomic E-state index is -4.41. The third-order valence-electron chi connectivity index (χ3n) is 5.70. The molecule has 0 bridgehead atoms. The standard InChI is InChI=1S/C20H28F3N3O2/c1-18(2,3)28-17(27)26-12-8-19(9-13-26)6-10-25(11-7-19)15-4-5-16(24-14-15)20(21,22)23/h4-5,14H,6-13H2,1-3H3. The van der Waals surface area contributed by atoms with Gasteiger partial charge >= 0.3 is 12.3 Å². The van der Waals surface area contributed by atoms with Crippen LogP contribution in [0.3, 0.4) is 0 Å². The van der Waals surface area contributed by atoms with E-state index >= 15 is 0 Å². The summed E-state index contributed by atoms with van der Waals surface area (Å²) in [5.74, 6) is 0. The molecule has 0 atom stereocenters. The van der Waals surface area contributed by atoms with Gasteiger partial charge in [-0.25, -0.2) is 9.78 Å². The lowest BCUT2D eigenvalue weighted by Gasteiger charge is -2.47. The zero-order valence-corrected chi connectivity index (χ0v) is 16.7. The fraction of sp³-hybridized carbons (Fsp3) is 0.700. The van der Waals surface area contributed by atoms with Crippen LogP contribution in [0.1, 0.15) is 52.1 Å². The molecule has 2 aliphatic heterocycles. The van der Waals surface area contributed by atoms with Crippen LogP contribution >= 0.6 is 0 Å². The first-order valence-corrected chi connectivity index (χ1v) is 9.74. The van der Waals surface area contributed by atoms with Gasteiger partial charge in [-0.1, -0.05) is 0 Å². The lowest BCUT2D eigenvalue weighted by Crippen LogP contribution is -2.49. The Labute approximate surface area is 163 Å². The van der Waals surface area contributed by atoms with Gasteiger partial charge < -0.3 is 14.5 Å². The number of aromatic nitrogens is 1. The number of nitrogens with zero attached hydrogens (tertiary/aromatic N) is 3. The number of anilines is 1. The highest BCUT2D eigenvalue weighted by atomic mass is 19.4. The molecule has 0 saturated carbocycles. The molecule has 0 aromatic carbocycles. The monoisotopic (exact) mass is 399 g/mol. The van der Waals surface area contributed by atoms with Gasteiger partial charge in [-0.3, -0.25) is 0 Å². The van der Waals surface area contributed by atoms with Gasteiger partial charge in [0, 0.05) is 26.2 Å². The summed E-state index contributed by atoms with van der Waals surface area (Å²) in [6, 6.07) is 2.54. The van der Waals surface area contributed by atoms with Gasteiger partial charge in [0.2, 0.25) is 0 Å². The minimum Gasteiger partial charge on any atom is -0.444 e. The number of hydrogen-bond acceptors (Lipinski definition) is 4. The highest BCUT2D eigenvalue weighted by molar-refractivity contribution is 5.68. The van der Waals surface area contributed by atoms with Crippen molar-refractivity contribution in [2.24, 2.45) is 5.41 Å². The van der Waals surface area contributed by atoms with Crippen LogP contribution in [0.15, 0.2) is 18.3 Å². The number of piperidine rings is 2. The Morgan fingerprint density at radius 2 is 1.61 bits per heavy atom. The molecule has 156 valence electrons. The van der Waals surface area contributed by atoms with E-state index in [4.69, 9.17) is 4.74 Å². The maximum atomic E-state index is 12.7. The van der Waals surface area contributed by atoms with E-state index in [0.717, 1.165) is 50.5 Å². The van der Waals surface area contributed by atoms with E-state index in [9.17, 15) is 18.0 Å². The molecule has 1 aromatic heterocycles. The van der Waals surface area contributed by atoms with Crippen molar-refractivity contribution in [2.45, 2.75) is 58.2 Å². The van der Waals surface area contributed by atoms with E-state index in [-0.39, 0.29) is 11.5 Å². The number of carbonyl (C=O) groups is 1. The predicted molar refractivity (Wildman–Crippen MR) is 100 cm³/mol. The Hall–Kier alpha value is -1.99. The summed E-state index contributed by atoms with van der Waals surface area (Å²) in [5, 5.41) is 0. The van der Waals surface area contributed by atoms with Gasteiger partial charge in [0.15, 0.2) is 0 Å². The largest absolute Gasteiger partial charge is 0.444 e. The van der Waals surface area contributed by atoms with E-state index in [1.165, 1.54) is 12.3 Å². The van der Waals surface area contributed by atoms with Gasteiger partial charge in [0.05, 0.1) is 11.9 Å². The predicted octanol–water partition coefficient (Wildman–Crippen LogP) is 4.72. The number of pyridine rings is 1. The summed E-state index contributed by atoms with van der Waals surface area (Å²) >= 11 is 0. The molecule has 5 nitrogen and oxygen atoms in total. The summed E-state index contributed by atoms with van der Waals surface area (Å²) in [5.41, 5.74) is -0.421. The molecule has 2 fully saturated rings. The number of likely N-dealkylation sites (tertiary alicyclic amines) is 1. The Morgan fingerprint density at radius 1 is 1.04 bits per heavy atom. The number of amides is 1. The molecule has 3 heterocycles. The second-order valence-electron chi connectivity index (χ2n) is 8.85. The molecule has 1 aromatic rings. The van der Waals surface area contributed by atoms with Crippen molar-refractivity contribution in [2.75, 3.05) is 31.1 Å². The molecule has 8 heteroatoms. The van der Waals surface area contributed by atoms with Crippen molar-refractivity contribution in [1.29, 1.82) is 0 Å². The van der Waals surface area contributed by atoms with Crippen molar-refractivity contribution in [1.82, 2.24) is 9.88 Å². The third-order valence-corrected chi connectivity index (χ3v) is 5.70. The van der Waals surface area contributed by atoms with Crippen LogP contribution in [0, 0.1) is 5.41 Å². The molecular weight excluding hydrogens is 371 g/mol. The average molecular weight is 399 g/mol. The van der Waals surface area contributed by atoms with Crippen LogP contribution in [-0.4, -0.2) is 47.8 Å². The van der Waals surface area contributed by atoms with Crippen molar-refractivity contribution in [3.05, 3.63) is 24.0 Å². The Kier molecular flexibility index (Phi) is 5.51. The summed E-state index contributed by atoms with van der Waals surface area (Å²) in [6.07, 6.45) is 0.456. The number of alkyl halides is 3. The van der Waals surface area contributed by atoms with Gasteiger partial charge in [-0.15, -0.1) is 0 Å². The Balaban J connectivity index is 1.52. The molecule has 28 heavy (non-hydrogen) atoms. The molecule has 1 amide bonds. The molecule has 3 rings (SSSR count). The van der Waals surface area contributed by atoms with Crippen LogP contribution in [0.5, 0.6) is 0 Å². The molecule has 2 saturated heterocycles. The van der Waals surface area contributed by atoms with Crippen LogP contribution < -0.4 is 4.90 Å². The van der Waals surface area contributed by atoms with Gasteiger partial charge in [0.1, 0.15) is 11.3 Å². The van der Waals surface area contributed by atoms with E-state index < -0.39 is 17.5 Å². The lowest BCUT2D eigenvalue weighted by molar-refractivity contribution is -0.141. The van der Waals surface area contributed by atoms with E-state index in [0.29, 0.717) is 13.1 Å². The number of halogens is 3. The van der Waals surface area contributed by atoms with Crippen LogP contribution in [0.4, 0.5) is 23.7 Å². The first kappa shape index (κ1) is 20.7. The van der Waals surface area contributed by atoms with Gasteiger partial charge in [0.25, 0.3) is 0 Å². The van der Waals surface area contributed by atoms with E-state index in [2.05, 4.69) is 9.88 Å². The average Bonchev–Trinajstić information content (AvgIpc) is 2.61. The molecule has 0 unspecified atom stereocenters. The second-order valence-corrected chi connectivity index (χ2v) is 8.85. The second kappa shape index (κ2) is 7.44. The summed E-state index contributed by atoms with van der Waals surface area (Å²) < 4.78 is 43.5. The zero-order chi connectivity index (χ0) is 20.6. The maximum Gasteiger partial charge on any atom is 0.433 e. The maximum absolute atomic E-state index is 12.7. The molecule has 1 spiro atoms. The molecule has 2 aliphatic rings. The van der Waals surface area contributed by atoms with Gasteiger partial charge in [-0.2, -0.15) is 13.2 Å². The number of hydrogen-bond donors (Lipinski definition) is 0. The van der Waals surface area contributed by atoms with Gasteiger partial charge in [-0.05, 0) is 64.0 Å². The quantitative estimate of drug-likeness (QED) is 0.686. The summed E-state index contributed by atoms with van der Waals surface area (Å²) in [7, 11) is 0. The van der Waals surface area contributed by atoms with Crippen molar-refractivity contribution in [3.8, 4) is 0 Å². The number of carbonyl (C=O) groups excluding carboxylic acids is 1. The highest BCUT2D eigenvalue weighted by Gasteiger charge is 2.39. The van der Waals surface area contributed by atoms with Crippen LogP contribution in [0.25, 0.3) is 0 Å². The zero-order valence-electron chi connectivity index (χ0n) is 16.7. The van der Waals surface area contributed by atoms with E-state index in [1.807, 2.05) is 20.8 Å². The van der Waals surface area contributed by atoms with Crippen molar-refractivity contribution >= 4 is 11.8 Å². The van der Waals surface area contributed by atoms with E-state index in [1.54, 1.807) is 4.90 Å². The SMILES string of the molecule is CC(C)(C)OC(=O)N1CCC2(CC1)CCN(c1ccc(C(F)(F)F)nc1)CC2. The van der Waals surface area contributed by atoms with Crippen LogP contribution in [0.2, 0.25) is 0 Å². The first-order valence-electron chi connectivity index (χ1n) is 9.74. The topological polar surface area (TPSA) is 45.7 Å². The summed E-state index contributed by atoms with van der Waals surface area (Å²) in [6.45, 7) is 8.55. The Morgan fingerprint density at radius 3 is 2.07 bits per heavy atom. The lowest BCUT2D eigenvalue weighted by atomic mass is 9.71. The minimum absolute atomic E-state index is 0.203. The number of ether oxygens (including phenoxy) is 1. The normalized spacial score (nSPS) is 20.4. The summed E-state index contributed by atoms with van der Waals surface area (Å²) in [4.78, 5) is 19.7. The number of rotatable bonds is 1. The molecule has 0 N–H and O–H groups in total. The first-order chi connectivity index (χ1) is 13.0. The molecular formula is C20H28F3N3O2. The smallest absolute Gasteiger partial charge is 0.433 e. The Bertz CT molecular complexity index is 680. The fourth-order valence-corrected chi connectivity index (χ4v) is 3.97. The molecule has 0 aliphatic carbocycles. The van der Waals surface area contributed by atoms with Crippen molar-refractivity contribution < 1.29 is 22.7 Å². The fourth-order valence-electron chi connectivity index (χ4n) is 3.97.